The third kappa shape index (κ3) is 2.98. The van der Waals surface area contributed by atoms with E-state index in [1.165, 1.54) is 0 Å². The molecule has 0 radical (unpaired) electrons. The van der Waals surface area contributed by atoms with Gasteiger partial charge in [0, 0.05) is 15.7 Å². The molecule has 2 aromatic carbocycles. The molecule has 0 aromatic heterocycles. The predicted octanol–water partition coefficient (Wildman–Crippen LogP) is 3.46. The maximum Gasteiger partial charge on any atom is 0.255 e. The maximum atomic E-state index is 12.1. The summed E-state index contributed by atoms with van der Waals surface area (Å²) in [4.78, 5) is 12.1. The third-order valence-corrected chi connectivity index (χ3v) is 3.54. The minimum Gasteiger partial charge on any atom is -0.398 e. The lowest BCUT2D eigenvalue weighted by molar-refractivity contribution is 0.102. The molecular weight excluding hydrogens is 318 g/mol. The average molecular weight is 330 g/mol. The van der Waals surface area contributed by atoms with Crippen LogP contribution in [0.5, 0.6) is 0 Å². The highest BCUT2D eigenvalue weighted by molar-refractivity contribution is 9.10. The molecule has 4 nitrogen and oxygen atoms in total. The van der Waals surface area contributed by atoms with Gasteiger partial charge in [0.2, 0.25) is 0 Å². The van der Waals surface area contributed by atoms with Crippen molar-refractivity contribution in [3.05, 3.63) is 57.6 Å². The van der Waals surface area contributed by atoms with E-state index >= 15 is 0 Å². The molecule has 0 heterocycles. The number of nitrogen functional groups attached to an aromatic ring is 1. The first-order valence-corrected chi connectivity index (χ1v) is 6.67. The number of carbonyl (C=O) groups excluding carboxylic acids is 1. The molecule has 5 heteroatoms. The van der Waals surface area contributed by atoms with Crippen LogP contribution in [0.4, 0.5) is 11.4 Å². The number of carbonyl (C=O) groups is 1. The minimum absolute atomic E-state index is 0.248. The highest BCUT2D eigenvalue weighted by Crippen LogP contribution is 2.24. The molecule has 0 aliphatic heterocycles. The number of nitrogens with two attached hydrogens (primary N) is 1. The van der Waals surface area contributed by atoms with Gasteiger partial charge in [-0.3, -0.25) is 4.79 Å². The molecule has 0 saturated heterocycles. The Balaban J connectivity index is 2.23. The summed E-state index contributed by atoms with van der Waals surface area (Å²) in [6.45, 7) is 1.88. The van der Waals surface area contributed by atoms with E-state index in [2.05, 4.69) is 21.2 Å². The quantitative estimate of drug-likeness (QED) is 0.828. The first-order valence-electron chi connectivity index (χ1n) is 5.88. The Morgan fingerprint density at radius 3 is 2.65 bits per heavy atom. The van der Waals surface area contributed by atoms with Crippen molar-refractivity contribution >= 4 is 33.2 Å². The second-order valence-corrected chi connectivity index (χ2v) is 5.19. The van der Waals surface area contributed by atoms with Gasteiger partial charge in [-0.2, -0.15) is 5.26 Å². The lowest BCUT2D eigenvalue weighted by Gasteiger charge is -2.09. The van der Waals surface area contributed by atoms with Crippen LogP contribution in [0.2, 0.25) is 0 Å². The normalized spacial score (nSPS) is 9.85. The van der Waals surface area contributed by atoms with Gasteiger partial charge in [0.15, 0.2) is 0 Å². The summed E-state index contributed by atoms with van der Waals surface area (Å²) in [6, 6.07) is 12.2. The smallest absolute Gasteiger partial charge is 0.255 e. The number of amides is 1. The van der Waals surface area contributed by atoms with E-state index in [1.54, 1.807) is 36.4 Å². The standard InChI is InChI=1S/C15H12BrN3O/c1-9-2-4-11(7-13(9)18)15(20)19-14-5-3-10(8-17)6-12(14)16/h2-7H,18H2,1H3,(H,19,20). The number of nitrogens with zero attached hydrogens (tertiary/aromatic N) is 1. The largest absolute Gasteiger partial charge is 0.398 e. The fourth-order valence-electron chi connectivity index (χ4n) is 1.66. The highest BCUT2D eigenvalue weighted by Gasteiger charge is 2.09. The number of halogens is 1. The summed E-state index contributed by atoms with van der Waals surface area (Å²) in [6.07, 6.45) is 0. The van der Waals surface area contributed by atoms with Gasteiger partial charge in [-0.15, -0.1) is 0 Å². The fourth-order valence-corrected chi connectivity index (χ4v) is 2.14. The first-order chi connectivity index (χ1) is 9.51. The van der Waals surface area contributed by atoms with Gasteiger partial charge in [0.05, 0.1) is 17.3 Å². The molecule has 2 aromatic rings. The van der Waals surface area contributed by atoms with E-state index in [0.29, 0.717) is 27.0 Å². The van der Waals surface area contributed by atoms with Crippen molar-refractivity contribution in [1.29, 1.82) is 5.26 Å². The first kappa shape index (κ1) is 14.1. The van der Waals surface area contributed by atoms with Gasteiger partial charge in [-0.1, -0.05) is 6.07 Å². The Morgan fingerprint density at radius 2 is 2.05 bits per heavy atom. The summed E-state index contributed by atoms with van der Waals surface area (Å²) in [5.41, 5.74) is 8.92. The minimum atomic E-state index is -0.248. The number of hydrogen-bond acceptors (Lipinski definition) is 3. The second-order valence-electron chi connectivity index (χ2n) is 4.33. The van der Waals surface area contributed by atoms with Crippen LogP contribution in [0.1, 0.15) is 21.5 Å². The van der Waals surface area contributed by atoms with Crippen LogP contribution in [0.25, 0.3) is 0 Å². The Morgan fingerprint density at radius 1 is 1.30 bits per heavy atom. The zero-order valence-corrected chi connectivity index (χ0v) is 12.4. The zero-order chi connectivity index (χ0) is 14.7. The van der Waals surface area contributed by atoms with E-state index in [-0.39, 0.29) is 5.91 Å². The van der Waals surface area contributed by atoms with Crippen LogP contribution in [-0.2, 0) is 0 Å². The van der Waals surface area contributed by atoms with Crippen LogP contribution < -0.4 is 11.1 Å². The van der Waals surface area contributed by atoms with Gasteiger partial charge in [-0.05, 0) is 58.7 Å². The topological polar surface area (TPSA) is 78.9 Å². The summed E-state index contributed by atoms with van der Waals surface area (Å²) < 4.78 is 0.657. The summed E-state index contributed by atoms with van der Waals surface area (Å²) in [5.74, 6) is -0.248. The molecule has 0 spiro atoms. The number of aryl methyl sites for hydroxylation is 1. The molecule has 0 saturated carbocycles. The molecule has 0 atom stereocenters. The third-order valence-electron chi connectivity index (χ3n) is 2.89. The van der Waals surface area contributed by atoms with E-state index in [0.717, 1.165) is 5.56 Å². The van der Waals surface area contributed by atoms with Gasteiger partial charge in [-0.25, -0.2) is 0 Å². The Kier molecular flexibility index (Phi) is 4.06. The SMILES string of the molecule is Cc1ccc(C(=O)Nc2ccc(C#N)cc2Br)cc1N. The van der Waals surface area contributed by atoms with Crippen molar-refractivity contribution in [3.8, 4) is 6.07 Å². The summed E-state index contributed by atoms with van der Waals surface area (Å²) >= 11 is 3.32. The average Bonchev–Trinajstić information content (AvgIpc) is 2.43. The molecule has 0 unspecified atom stereocenters. The number of nitriles is 1. The van der Waals surface area contributed by atoms with Crippen LogP contribution in [-0.4, -0.2) is 5.91 Å². The second kappa shape index (κ2) is 5.76. The number of benzene rings is 2. The van der Waals surface area contributed by atoms with Gasteiger partial charge < -0.3 is 11.1 Å². The number of nitrogens with one attached hydrogen (secondary N) is 1. The van der Waals surface area contributed by atoms with Crippen molar-refractivity contribution < 1.29 is 4.79 Å². The van der Waals surface area contributed by atoms with Crippen LogP contribution in [0.15, 0.2) is 40.9 Å². The van der Waals surface area contributed by atoms with Crippen LogP contribution >= 0.6 is 15.9 Å². The van der Waals surface area contributed by atoms with Crippen molar-refractivity contribution in [2.75, 3.05) is 11.1 Å². The Labute approximate surface area is 125 Å². The fraction of sp³-hybridized carbons (Fsp3) is 0.0667. The molecule has 1 amide bonds. The summed E-state index contributed by atoms with van der Waals surface area (Å²) in [5, 5.41) is 11.6. The van der Waals surface area contributed by atoms with Crippen molar-refractivity contribution in [1.82, 2.24) is 0 Å². The molecule has 2 rings (SSSR count). The van der Waals surface area contributed by atoms with E-state index in [9.17, 15) is 4.79 Å². The number of rotatable bonds is 2. The lowest BCUT2D eigenvalue weighted by atomic mass is 10.1. The van der Waals surface area contributed by atoms with Crippen molar-refractivity contribution in [2.24, 2.45) is 0 Å². The molecule has 100 valence electrons. The van der Waals surface area contributed by atoms with Crippen LogP contribution in [0, 0.1) is 18.3 Å². The monoisotopic (exact) mass is 329 g/mol. The van der Waals surface area contributed by atoms with Gasteiger partial charge in [0.25, 0.3) is 5.91 Å². The predicted molar refractivity (Wildman–Crippen MR) is 82.4 cm³/mol. The number of hydrogen-bond donors (Lipinski definition) is 2. The lowest BCUT2D eigenvalue weighted by Crippen LogP contribution is -2.12. The summed E-state index contributed by atoms with van der Waals surface area (Å²) in [7, 11) is 0. The molecule has 0 aliphatic carbocycles. The molecule has 3 N–H and O–H groups in total. The van der Waals surface area contributed by atoms with E-state index in [4.69, 9.17) is 11.0 Å². The molecule has 20 heavy (non-hydrogen) atoms. The van der Waals surface area contributed by atoms with Crippen molar-refractivity contribution in [2.45, 2.75) is 6.92 Å². The Bertz CT molecular complexity index is 720. The molecule has 0 aliphatic rings. The molecule has 0 fully saturated rings. The van der Waals surface area contributed by atoms with E-state index < -0.39 is 0 Å². The molecule has 0 bridgehead atoms. The highest BCUT2D eigenvalue weighted by atomic mass is 79.9. The van der Waals surface area contributed by atoms with Gasteiger partial charge in [0.1, 0.15) is 0 Å². The molecular formula is C15H12BrN3O. The number of anilines is 2. The Hall–Kier alpha value is -2.32. The van der Waals surface area contributed by atoms with E-state index in [1.807, 2.05) is 13.0 Å². The maximum absolute atomic E-state index is 12.1. The zero-order valence-electron chi connectivity index (χ0n) is 10.8. The van der Waals surface area contributed by atoms with Crippen LogP contribution in [0.3, 0.4) is 0 Å². The van der Waals surface area contributed by atoms with Crippen molar-refractivity contribution in [3.63, 3.8) is 0 Å². The van der Waals surface area contributed by atoms with Gasteiger partial charge >= 0.3 is 0 Å².